The van der Waals surface area contributed by atoms with Gasteiger partial charge in [-0.05, 0) is 44.8 Å². The first-order valence-electron chi connectivity index (χ1n) is 6.75. The number of rotatable bonds is 6. The van der Waals surface area contributed by atoms with Gasteiger partial charge in [0, 0.05) is 4.43 Å². The van der Waals surface area contributed by atoms with Crippen LogP contribution in [-0.2, 0) is 13.8 Å². The van der Waals surface area contributed by atoms with E-state index in [1.54, 1.807) is 19.9 Å². The molecule has 0 aromatic heterocycles. The first kappa shape index (κ1) is 18.5. The van der Waals surface area contributed by atoms with Crippen LogP contribution >= 0.6 is 22.6 Å². The van der Waals surface area contributed by atoms with E-state index in [1.807, 2.05) is 26.0 Å². The van der Waals surface area contributed by atoms with E-state index in [1.165, 1.54) is 7.11 Å². The van der Waals surface area contributed by atoms with Gasteiger partial charge < -0.3 is 14.5 Å². The highest BCUT2D eigenvalue weighted by Gasteiger charge is 2.36. The van der Waals surface area contributed by atoms with E-state index in [0.29, 0.717) is 5.56 Å². The highest BCUT2D eigenvalue weighted by Crippen LogP contribution is 2.24. The van der Waals surface area contributed by atoms with E-state index in [9.17, 15) is 9.90 Å². The quantitative estimate of drug-likeness (QED) is 0.341. The minimum Gasteiger partial charge on any atom is -0.465 e. The molecule has 0 radical (unpaired) electrons. The Morgan fingerprint density at radius 1 is 1.33 bits per heavy atom. The minimum absolute atomic E-state index is 0.251. The number of esters is 1. The summed E-state index contributed by atoms with van der Waals surface area (Å²) < 4.78 is 11.5. The van der Waals surface area contributed by atoms with Gasteiger partial charge in [-0.2, -0.15) is 0 Å². The maximum atomic E-state index is 11.9. The van der Waals surface area contributed by atoms with E-state index in [4.69, 9.17) is 9.39 Å². The molecule has 1 rings (SSSR count). The summed E-state index contributed by atoms with van der Waals surface area (Å²) in [4.78, 5) is 11.9. The number of alkyl halides is 1. The summed E-state index contributed by atoms with van der Waals surface area (Å²) in [7, 11) is 1.62. The normalized spacial score (nSPS) is 12.1. The maximum absolute atomic E-state index is 11.9. The summed E-state index contributed by atoms with van der Waals surface area (Å²) >= 11 is 2.25. The van der Waals surface area contributed by atoms with Crippen LogP contribution in [0.2, 0.25) is 0 Å². The van der Waals surface area contributed by atoms with Crippen molar-refractivity contribution in [3.8, 4) is 0 Å². The van der Waals surface area contributed by atoms with Gasteiger partial charge in [0.25, 0.3) is 0 Å². The molecule has 21 heavy (non-hydrogen) atoms. The van der Waals surface area contributed by atoms with Crippen LogP contribution < -0.4 is 5.46 Å². The molecule has 0 aliphatic rings. The number of halogens is 1. The summed E-state index contributed by atoms with van der Waals surface area (Å²) in [5.41, 5.74) is 0.635. The second-order valence-electron chi connectivity index (χ2n) is 5.93. The molecule has 1 N–H and O–H groups in total. The van der Waals surface area contributed by atoms with Crippen molar-refractivity contribution in [2.24, 2.45) is 0 Å². The minimum atomic E-state index is -0.988. The van der Waals surface area contributed by atoms with Gasteiger partial charge in [-0.3, -0.25) is 0 Å². The molecule has 0 bridgehead atoms. The molecule has 0 aliphatic heterocycles. The van der Waals surface area contributed by atoms with Crippen molar-refractivity contribution in [3.05, 3.63) is 29.3 Å². The van der Waals surface area contributed by atoms with Crippen LogP contribution in [0.4, 0.5) is 0 Å². The van der Waals surface area contributed by atoms with Crippen molar-refractivity contribution in [2.45, 2.75) is 43.3 Å². The summed E-state index contributed by atoms with van der Waals surface area (Å²) in [6, 6.07) is 5.54. The van der Waals surface area contributed by atoms with Crippen molar-refractivity contribution in [1.82, 2.24) is 0 Å². The Bertz CT molecular complexity index is 509. The Morgan fingerprint density at radius 2 is 1.95 bits per heavy atom. The molecule has 0 heterocycles. The molecule has 0 fully saturated rings. The van der Waals surface area contributed by atoms with Gasteiger partial charge in [0.2, 0.25) is 0 Å². The van der Waals surface area contributed by atoms with Gasteiger partial charge in [0.05, 0.1) is 23.9 Å². The predicted octanol–water partition coefficient (Wildman–Crippen LogP) is 1.95. The van der Waals surface area contributed by atoms with Gasteiger partial charge in [0.1, 0.15) is 0 Å². The Kier molecular flexibility index (Phi) is 6.25. The average Bonchev–Trinajstić information content (AvgIpc) is 2.42. The number of carbonyl (C=O) groups is 1. The first-order chi connectivity index (χ1) is 9.64. The lowest BCUT2D eigenvalue weighted by molar-refractivity contribution is -0.0893. The van der Waals surface area contributed by atoms with E-state index < -0.39 is 11.2 Å². The predicted molar refractivity (Wildman–Crippen MR) is 93.8 cm³/mol. The third-order valence-corrected chi connectivity index (χ3v) is 4.69. The highest BCUT2D eigenvalue weighted by atomic mass is 127. The van der Waals surface area contributed by atoms with Crippen molar-refractivity contribution in [3.63, 3.8) is 0 Å². The summed E-state index contributed by atoms with van der Waals surface area (Å²) in [5.74, 6) is -0.374. The second kappa shape index (κ2) is 7.11. The maximum Gasteiger partial charge on any atom is 0.337 e. The lowest BCUT2D eigenvalue weighted by Gasteiger charge is -2.37. The molecule has 0 aliphatic carbocycles. The number of ether oxygens (including phenoxy) is 1. The fourth-order valence-corrected chi connectivity index (χ4v) is 2.38. The molecule has 0 saturated carbocycles. The fraction of sp³-hybridized carbons (Fsp3) is 0.533. The van der Waals surface area contributed by atoms with Gasteiger partial charge in [-0.25, -0.2) is 4.79 Å². The summed E-state index contributed by atoms with van der Waals surface area (Å²) in [6.45, 7) is 7.08. The molecular weight excluding hydrogens is 382 g/mol. The molecule has 0 spiro atoms. The topological polar surface area (TPSA) is 55.8 Å². The third-order valence-electron chi connectivity index (χ3n) is 3.87. The molecule has 0 atom stereocenters. The lowest BCUT2D eigenvalue weighted by atomic mass is 9.78. The first-order valence-corrected chi connectivity index (χ1v) is 8.28. The molecule has 1 aromatic carbocycles. The zero-order valence-electron chi connectivity index (χ0n) is 13.2. The van der Waals surface area contributed by atoms with Crippen LogP contribution in [0.1, 0.15) is 43.6 Å². The Morgan fingerprint density at radius 3 is 2.43 bits per heavy atom. The van der Waals surface area contributed by atoms with Gasteiger partial charge in [-0.1, -0.05) is 34.7 Å². The summed E-state index contributed by atoms with van der Waals surface area (Å²) in [5, 5.41) is 10.2. The SMILES string of the molecule is COC(=O)c1cccc(CI)c1BOC(C)(C)C(C)(C)O. The Balaban J connectivity index is 3.10. The Labute approximate surface area is 140 Å². The second-order valence-corrected chi connectivity index (χ2v) is 6.69. The highest BCUT2D eigenvalue weighted by molar-refractivity contribution is 14.1. The van der Waals surface area contributed by atoms with E-state index in [-0.39, 0.29) is 13.5 Å². The number of carbonyl (C=O) groups excluding carboxylic acids is 1. The zero-order chi connectivity index (χ0) is 16.3. The molecule has 116 valence electrons. The van der Waals surface area contributed by atoms with Crippen molar-refractivity contribution in [1.29, 1.82) is 0 Å². The number of aliphatic hydroxyl groups is 1. The molecule has 6 heteroatoms. The molecule has 0 amide bonds. The van der Waals surface area contributed by atoms with Gasteiger partial charge in [-0.15, -0.1) is 0 Å². The van der Waals surface area contributed by atoms with E-state index in [2.05, 4.69) is 22.6 Å². The van der Waals surface area contributed by atoms with Crippen LogP contribution in [0.3, 0.4) is 0 Å². The molecular formula is C15H22BIO4. The van der Waals surface area contributed by atoms with Crippen LogP contribution in [-0.4, -0.2) is 36.9 Å². The number of methoxy groups -OCH3 is 1. The van der Waals surface area contributed by atoms with E-state index in [0.717, 1.165) is 15.5 Å². The van der Waals surface area contributed by atoms with Crippen LogP contribution in [0.25, 0.3) is 0 Å². The molecule has 0 saturated heterocycles. The summed E-state index contributed by atoms with van der Waals surface area (Å²) in [6.07, 6.45) is 0. The zero-order valence-corrected chi connectivity index (χ0v) is 15.4. The molecule has 1 aromatic rings. The largest absolute Gasteiger partial charge is 0.465 e. The third kappa shape index (κ3) is 4.44. The van der Waals surface area contributed by atoms with Gasteiger partial charge in [0.15, 0.2) is 0 Å². The monoisotopic (exact) mass is 404 g/mol. The van der Waals surface area contributed by atoms with Crippen molar-refractivity contribution >= 4 is 41.5 Å². The number of benzene rings is 1. The van der Waals surface area contributed by atoms with Crippen LogP contribution in [0.5, 0.6) is 0 Å². The fourth-order valence-electron chi connectivity index (χ4n) is 1.66. The smallest absolute Gasteiger partial charge is 0.337 e. The van der Waals surface area contributed by atoms with Crippen molar-refractivity contribution < 1.29 is 19.3 Å². The molecule has 4 nitrogen and oxygen atoms in total. The average molecular weight is 404 g/mol. The van der Waals surface area contributed by atoms with Crippen LogP contribution in [0.15, 0.2) is 18.2 Å². The lowest BCUT2D eigenvalue weighted by Crippen LogP contribution is -2.49. The Hall–Kier alpha value is -0.595. The van der Waals surface area contributed by atoms with Crippen LogP contribution in [0, 0.1) is 0 Å². The number of hydrogen-bond acceptors (Lipinski definition) is 4. The number of hydrogen-bond donors (Lipinski definition) is 1. The standard InChI is InChI=1S/C15H22BIO4/c1-14(2,19)15(3,4)21-16-12-10(9-17)7-6-8-11(12)13(18)20-5/h6-8,16,19H,9H2,1-5H3. The molecule has 0 unspecified atom stereocenters. The van der Waals surface area contributed by atoms with Crippen molar-refractivity contribution in [2.75, 3.05) is 7.11 Å². The van der Waals surface area contributed by atoms with E-state index >= 15 is 0 Å². The van der Waals surface area contributed by atoms with Gasteiger partial charge >= 0.3 is 13.5 Å².